The van der Waals surface area contributed by atoms with E-state index >= 15 is 0 Å². The molecule has 2 rings (SSSR count). The van der Waals surface area contributed by atoms with Crippen LogP contribution in [0.1, 0.15) is 11.3 Å². The Bertz CT molecular complexity index is 631. The molecule has 0 aliphatic carbocycles. The maximum Gasteiger partial charge on any atom is 0.165 e. The molecule has 5 heteroatoms. The molecular formula is C13H11BrN4. The molecule has 1 aromatic carbocycles. The van der Waals surface area contributed by atoms with E-state index in [2.05, 4.69) is 26.2 Å². The summed E-state index contributed by atoms with van der Waals surface area (Å²) >= 11 is 3.47. The number of nitrogens with one attached hydrogen (secondary N) is 1. The third-order valence-electron chi connectivity index (χ3n) is 2.42. The number of nitrogens with two attached hydrogens (primary N) is 1. The third kappa shape index (κ3) is 2.60. The summed E-state index contributed by atoms with van der Waals surface area (Å²) in [4.78, 5) is 4.13. The van der Waals surface area contributed by atoms with Gasteiger partial charge in [-0.05, 0) is 52.7 Å². The van der Waals surface area contributed by atoms with E-state index in [9.17, 15) is 0 Å². The minimum Gasteiger partial charge on any atom is -0.396 e. The second kappa shape index (κ2) is 5.07. The normalized spacial score (nSPS) is 9.83. The zero-order chi connectivity index (χ0) is 13.1. The SMILES string of the molecule is Cc1ccc(Nc2ccc(N)c(C#N)n2)c(Br)c1. The van der Waals surface area contributed by atoms with Crippen molar-refractivity contribution in [3.8, 4) is 6.07 Å². The Hall–Kier alpha value is -2.06. The molecule has 0 radical (unpaired) electrons. The molecule has 1 heterocycles. The van der Waals surface area contributed by atoms with Gasteiger partial charge in [-0.15, -0.1) is 0 Å². The number of hydrogen-bond donors (Lipinski definition) is 2. The van der Waals surface area contributed by atoms with Crippen molar-refractivity contribution in [2.45, 2.75) is 6.92 Å². The molecular weight excluding hydrogens is 292 g/mol. The van der Waals surface area contributed by atoms with Crippen molar-refractivity contribution in [1.29, 1.82) is 5.26 Å². The van der Waals surface area contributed by atoms with Crippen LogP contribution in [0.2, 0.25) is 0 Å². The average molecular weight is 303 g/mol. The van der Waals surface area contributed by atoms with Gasteiger partial charge in [0.2, 0.25) is 0 Å². The monoisotopic (exact) mass is 302 g/mol. The van der Waals surface area contributed by atoms with Crippen LogP contribution in [0.4, 0.5) is 17.2 Å². The van der Waals surface area contributed by atoms with Gasteiger partial charge in [-0.1, -0.05) is 6.07 Å². The zero-order valence-electron chi connectivity index (χ0n) is 9.74. The first-order valence-electron chi connectivity index (χ1n) is 5.30. The number of hydrogen-bond acceptors (Lipinski definition) is 4. The number of rotatable bonds is 2. The lowest BCUT2D eigenvalue weighted by Gasteiger charge is -2.09. The summed E-state index contributed by atoms with van der Waals surface area (Å²) in [5.41, 5.74) is 8.28. The number of aromatic nitrogens is 1. The molecule has 2 aromatic rings. The van der Waals surface area contributed by atoms with Crippen LogP contribution < -0.4 is 11.1 Å². The lowest BCUT2D eigenvalue weighted by molar-refractivity contribution is 1.25. The van der Waals surface area contributed by atoms with Crippen molar-refractivity contribution < 1.29 is 0 Å². The topological polar surface area (TPSA) is 74.7 Å². The van der Waals surface area contributed by atoms with Crippen LogP contribution in [-0.4, -0.2) is 4.98 Å². The van der Waals surface area contributed by atoms with Gasteiger partial charge in [-0.3, -0.25) is 0 Å². The van der Waals surface area contributed by atoms with E-state index in [1.54, 1.807) is 12.1 Å². The van der Waals surface area contributed by atoms with Gasteiger partial charge in [-0.2, -0.15) is 5.26 Å². The zero-order valence-corrected chi connectivity index (χ0v) is 11.3. The van der Waals surface area contributed by atoms with E-state index in [-0.39, 0.29) is 5.69 Å². The maximum absolute atomic E-state index is 8.87. The second-order valence-corrected chi connectivity index (χ2v) is 4.71. The van der Waals surface area contributed by atoms with Crippen molar-refractivity contribution in [3.63, 3.8) is 0 Å². The molecule has 0 unspecified atom stereocenters. The molecule has 1 aromatic heterocycles. The summed E-state index contributed by atoms with van der Waals surface area (Å²) in [6.07, 6.45) is 0. The minimum atomic E-state index is 0.225. The maximum atomic E-state index is 8.87. The number of pyridine rings is 1. The van der Waals surface area contributed by atoms with Crippen LogP contribution in [-0.2, 0) is 0 Å². The van der Waals surface area contributed by atoms with Gasteiger partial charge in [0.05, 0.1) is 11.4 Å². The van der Waals surface area contributed by atoms with Gasteiger partial charge in [0.25, 0.3) is 0 Å². The van der Waals surface area contributed by atoms with Crippen molar-refractivity contribution >= 4 is 33.1 Å². The Labute approximate surface area is 114 Å². The Morgan fingerprint density at radius 1 is 1.33 bits per heavy atom. The highest BCUT2D eigenvalue weighted by Crippen LogP contribution is 2.26. The standard InChI is InChI=1S/C13H11BrN4/c1-8-2-4-11(9(14)6-8)17-13-5-3-10(16)12(7-15)18-13/h2-6H,16H2,1H3,(H,17,18). The number of benzene rings is 1. The molecule has 3 N–H and O–H groups in total. The minimum absolute atomic E-state index is 0.225. The molecule has 4 nitrogen and oxygen atoms in total. The number of nitrogen functional groups attached to an aromatic ring is 1. The molecule has 0 saturated heterocycles. The van der Waals surface area contributed by atoms with E-state index in [4.69, 9.17) is 11.0 Å². The van der Waals surface area contributed by atoms with E-state index in [0.29, 0.717) is 11.5 Å². The van der Waals surface area contributed by atoms with E-state index in [1.807, 2.05) is 31.2 Å². The summed E-state index contributed by atoms with van der Waals surface area (Å²) in [7, 11) is 0. The summed E-state index contributed by atoms with van der Waals surface area (Å²) in [5, 5.41) is 12.0. The Balaban J connectivity index is 2.32. The van der Waals surface area contributed by atoms with E-state index < -0.39 is 0 Å². The summed E-state index contributed by atoms with van der Waals surface area (Å²) in [6, 6.07) is 11.3. The van der Waals surface area contributed by atoms with Gasteiger partial charge in [0.15, 0.2) is 5.69 Å². The quantitative estimate of drug-likeness (QED) is 0.892. The van der Waals surface area contributed by atoms with Crippen LogP contribution >= 0.6 is 15.9 Å². The Kier molecular flexibility index (Phi) is 3.49. The lowest BCUT2D eigenvalue weighted by atomic mass is 10.2. The highest BCUT2D eigenvalue weighted by Gasteiger charge is 2.04. The third-order valence-corrected chi connectivity index (χ3v) is 3.08. The van der Waals surface area contributed by atoms with Gasteiger partial charge < -0.3 is 11.1 Å². The first kappa shape index (κ1) is 12.4. The molecule has 18 heavy (non-hydrogen) atoms. The predicted molar refractivity (Wildman–Crippen MR) is 75.5 cm³/mol. The number of aryl methyl sites for hydroxylation is 1. The predicted octanol–water partition coefficient (Wildman–Crippen LogP) is 3.35. The fraction of sp³-hybridized carbons (Fsp3) is 0.0769. The Morgan fingerprint density at radius 2 is 2.11 bits per heavy atom. The van der Waals surface area contributed by atoms with Gasteiger partial charge >= 0.3 is 0 Å². The summed E-state index contributed by atoms with van der Waals surface area (Å²) in [5.74, 6) is 0.588. The van der Waals surface area contributed by atoms with Crippen molar-refractivity contribution in [2.24, 2.45) is 0 Å². The number of nitriles is 1. The van der Waals surface area contributed by atoms with Crippen LogP contribution in [0.25, 0.3) is 0 Å². The van der Waals surface area contributed by atoms with Gasteiger partial charge in [0.1, 0.15) is 11.9 Å². The number of halogens is 1. The summed E-state index contributed by atoms with van der Waals surface area (Å²) < 4.78 is 0.944. The van der Waals surface area contributed by atoms with Crippen LogP contribution in [0.3, 0.4) is 0 Å². The fourth-order valence-corrected chi connectivity index (χ4v) is 2.08. The molecule has 0 amide bonds. The molecule has 0 bridgehead atoms. The molecule has 90 valence electrons. The second-order valence-electron chi connectivity index (χ2n) is 3.85. The fourth-order valence-electron chi connectivity index (χ4n) is 1.49. The molecule has 0 spiro atoms. The number of anilines is 3. The molecule has 0 fully saturated rings. The largest absolute Gasteiger partial charge is 0.396 e. The highest BCUT2D eigenvalue weighted by molar-refractivity contribution is 9.10. The molecule has 0 atom stereocenters. The smallest absolute Gasteiger partial charge is 0.165 e. The first-order valence-corrected chi connectivity index (χ1v) is 6.09. The van der Waals surface area contributed by atoms with Gasteiger partial charge in [0, 0.05) is 4.47 Å². The van der Waals surface area contributed by atoms with Crippen molar-refractivity contribution in [2.75, 3.05) is 11.1 Å². The molecule has 0 saturated carbocycles. The van der Waals surface area contributed by atoms with Crippen molar-refractivity contribution in [3.05, 3.63) is 46.1 Å². The molecule has 0 aliphatic rings. The first-order chi connectivity index (χ1) is 8.60. The Morgan fingerprint density at radius 3 is 2.78 bits per heavy atom. The number of nitrogens with zero attached hydrogens (tertiary/aromatic N) is 2. The van der Waals surface area contributed by atoms with Crippen LogP contribution in [0.15, 0.2) is 34.8 Å². The van der Waals surface area contributed by atoms with Gasteiger partial charge in [-0.25, -0.2) is 4.98 Å². The molecule has 0 aliphatic heterocycles. The van der Waals surface area contributed by atoms with E-state index in [0.717, 1.165) is 15.7 Å². The van der Waals surface area contributed by atoms with E-state index in [1.165, 1.54) is 0 Å². The summed E-state index contributed by atoms with van der Waals surface area (Å²) in [6.45, 7) is 2.02. The van der Waals surface area contributed by atoms with Crippen molar-refractivity contribution in [1.82, 2.24) is 4.98 Å². The average Bonchev–Trinajstić information content (AvgIpc) is 2.35. The lowest BCUT2D eigenvalue weighted by Crippen LogP contribution is -1.99. The van der Waals surface area contributed by atoms with Crippen LogP contribution in [0.5, 0.6) is 0 Å². The van der Waals surface area contributed by atoms with Crippen LogP contribution in [0, 0.1) is 18.3 Å². The highest BCUT2D eigenvalue weighted by atomic mass is 79.9.